The Morgan fingerprint density at radius 2 is 1.76 bits per heavy atom. The lowest BCUT2D eigenvalue weighted by atomic mass is 9.89. The lowest BCUT2D eigenvalue weighted by Crippen LogP contribution is -2.46. The molecular weight excluding hydrogens is 276 g/mol. The van der Waals surface area contributed by atoms with E-state index in [1.54, 1.807) is 0 Å². The molecule has 0 aromatic carbocycles. The maximum Gasteiger partial charge on any atom is 0.192 e. The van der Waals surface area contributed by atoms with E-state index in [9.17, 15) is 5.11 Å². The highest BCUT2D eigenvalue weighted by molar-refractivity contribution is 6.74. The van der Waals surface area contributed by atoms with E-state index in [2.05, 4.69) is 46.0 Å². The van der Waals surface area contributed by atoms with Gasteiger partial charge in [0.05, 0.1) is 12.2 Å². The third-order valence-corrected chi connectivity index (χ3v) is 9.84. The van der Waals surface area contributed by atoms with Gasteiger partial charge in [-0.3, -0.25) is 0 Å². The zero-order valence-electron chi connectivity index (χ0n) is 15.0. The summed E-state index contributed by atoms with van der Waals surface area (Å²) in [6, 6.07) is 0. The van der Waals surface area contributed by atoms with Crippen molar-refractivity contribution in [1.29, 1.82) is 0 Å². The molecule has 1 unspecified atom stereocenters. The van der Waals surface area contributed by atoms with E-state index >= 15 is 0 Å². The largest absolute Gasteiger partial charge is 0.412 e. The number of hydrogen-bond donors (Lipinski definition) is 1. The molecule has 21 heavy (non-hydrogen) atoms. The second-order valence-electron chi connectivity index (χ2n) is 8.21. The zero-order valence-corrected chi connectivity index (χ0v) is 16.0. The van der Waals surface area contributed by atoms with Crippen LogP contribution in [-0.2, 0) is 4.43 Å². The fourth-order valence-corrected chi connectivity index (χ4v) is 4.09. The van der Waals surface area contributed by atoms with Gasteiger partial charge in [0, 0.05) is 0 Å². The van der Waals surface area contributed by atoms with Gasteiger partial charge in [-0.05, 0) is 50.2 Å². The molecule has 1 saturated carbocycles. The Morgan fingerprint density at radius 3 is 2.29 bits per heavy atom. The second-order valence-corrected chi connectivity index (χ2v) is 13.0. The molecule has 0 saturated heterocycles. The fourth-order valence-electron chi connectivity index (χ4n) is 2.65. The van der Waals surface area contributed by atoms with E-state index < -0.39 is 8.32 Å². The number of aliphatic hydroxyl groups is 1. The third-order valence-electron chi connectivity index (χ3n) is 5.26. The summed E-state index contributed by atoms with van der Waals surface area (Å²) in [6.07, 6.45) is 11.5. The van der Waals surface area contributed by atoms with Crippen molar-refractivity contribution in [3.05, 3.63) is 12.2 Å². The average Bonchev–Trinajstić information content (AvgIpc) is 2.38. The minimum Gasteiger partial charge on any atom is -0.412 e. The monoisotopic (exact) mass is 312 g/mol. The number of allylic oxidation sites excluding steroid dienone is 1. The van der Waals surface area contributed by atoms with E-state index in [1.165, 1.54) is 32.1 Å². The van der Waals surface area contributed by atoms with Crippen molar-refractivity contribution >= 4 is 8.32 Å². The van der Waals surface area contributed by atoms with Gasteiger partial charge in [0.2, 0.25) is 0 Å². The molecule has 0 aromatic rings. The molecule has 0 bridgehead atoms. The molecule has 0 amide bonds. The zero-order chi connectivity index (χ0) is 16.1. The molecule has 0 spiro atoms. The van der Waals surface area contributed by atoms with Gasteiger partial charge in [-0.25, -0.2) is 0 Å². The molecule has 1 fully saturated rings. The van der Waals surface area contributed by atoms with Gasteiger partial charge in [-0.1, -0.05) is 52.2 Å². The number of rotatable bonds is 6. The average molecular weight is 313 g/mol. The maximum atomic E-state index is 10.3. The van der Waals surface area contributed by atoms with Crippen LogP contribution in [0.5, 0.6) is 0 Å². The lowest BCUT2D eigenvalue weighted by Gasteiger charge is -2.39. The first-order chi connectivity index (χ1) is 9.63. The predicted octanol–water partition coefficient (Wildman–Crippen LogP) is 5.28. The molecule has 0 aromatic heterocycles. The fraction of sp³-hybridized carbons (Fsp3) is 0.889. The topological polar surface area (TPSA) is 29.5 Å². The molecule has 3 heteroatoms. The van der Waals surface area contributed by atoms with Crippen molar-refractivity contribution in [2.75, 3.05) is 0 Å². The molecule has 2 atom stereocenters. The molecular formula is C18H36O2Si. The van der Waals surface area contributed by atoms with Gasteiger partial charge >= 0.3 is 0 Å². The second kappa shape index (κ2) is 7.93. The molecule has 1 aliphatic rings. The standard InChI is InChI=1S/C18H36O2Si/c1-15(20-21(5,6)18(2,3)4)17(19)14-10-13-16-11-8-7-9-12-16/h10,13,15-17,19H,7-9,11-12,14H2,1-6H3/b13-10+/t15-,17?/m0/s1. The van der Waals surface area contributed by atoms with E-state index in [-0.39, 0.29) is 17.2 Å². The third kappa shape index (κ3) is 6.25. The normalized spacial score (nSPS) is 21.7. The van der Waals surface area contributed by atoms with E-state index in [4.69, 9.17) is 4.43 Å². The predicted molar refractivity (Wildman–Crippen MR) is 94.1 cm³/mol. The Kier molecular flexibility index (Phi) is 7.15. The van der Waals surface area contributed by atoms with Gasteiger partial charge < -0.3 is 9.53 Å². The molecule has 1 N–H and O–H groups in total. The van der Waals surface area contributed by atoms with Gasteiger partial charge in [0.15, 0.2) is 8.32 Å². The van der Waals surface area contributed by atoms with Crippen molar-refractivity contribution in [3.63, 3.8) is 0 Å². The number of hydrogen-bond acceptors (Lipinski definition) is 2. The summed E-state index contributed by atoms with van der Waals surface area (Å²) in [7, 11) is -1.79. The van der Waals surface area contributed by atoms with Crippen molar-refractivity contribution in [2.24, 2.45) is 5.92 Å². The molecule has 0 radical (unpaired) electrons. The summed E-state index contributed by atoms with van der Waals surface area (Å²) in [6.45, 7) is 13.2. The summed E-state index contributed by atoms with van der Waals surface area (Å²) < 4.78 is 6.26. The van der Waals surface area contributed by atoms with Crippen LogP contribution in [0.2, 0.25) is 18.1 Å². The van der Waals surface area contributed by atoms with Crippen LogP contribution in [0, 0.1) is 5.92 Å². The van der Waals surface area contributed by atoms with Crippen LogP contribution in [-0.4, -0.2) is 25.6 Å². The minimum absolute atomic E-state index is 0.0816. The molecule has 1 rings (SSSR count). The highest BCUT2D eigenvalue weighted by atomic mass is 28.4. The van der Waals surface area contributed by atoms with Crippen LogP contribution in [0.3, 0.4) is 0 Å². The van der Waals surface area contributed by atoms with Crippen LogP contribution < -0.4 is 0 Å². The maximum absolute atomic E-state index is 10.3. The van der Waals surface area contributed by atoms with Crippen LogP contribution in [0.4, 0.5) is 0 Å². The Labute approximate surface area is 133 Å². The van der Waals surface area contributed by atoms with Crippen molar-refractivity contribution < 1.29 is 9.53 Å². The summed E-state index contributed by atoms with van der Waals surface area (Å²) in [4.78, 5) is 0. The van der Waals surface area contributed by atoms with Crippen molar-refractivity contribution in [3.8, 4) is 0 Å². The van der Waals surface area contributed by atoms with Crippen LogP contribution in [0.1, 0.15) is 66.2 Å². The van der Waals surface area contributed by atoms with Crippen molar-refractivity contribution in [1.82, 2.24) is 0 Å². The quantitative estimate of drug-likeness (QED) is 0.534. The Balaban J connectivity index is 2.40. The Bertz CT molecular complexity index is 325. The first-order valence-electron chi connectivity index (χ1n) is 8.66. The summed E-state index contributed by atoms with van der Waals surface area (Å²) >= 11 is 0. The number of aliphatic hydroxyl groups excluding tert-OH is 1. The molecule has 124 valence electrons. The van der Waals surface area contributed by atoms with Gasteiger partial charge in [-0.2, -0.15) is 0 Å². The highest BCUT2D eigenvalue weighted by Gasteiger charge is 2.39. The first-order valence-corrected chi connectivity index (χ1v) is 11.6. The van der Waals surface area contributed by atoms with Crippen LogP contribution in [0.25, 0.3) is 0 Å². The highest BCUT2D eigenvalue weighted by Crippen LogP contribution is 2.37. The Hall–Kier alpha value is -0.123. The SMILES string of the molecule is C[C@H](O[Si](C)(C)C(C)(C)C)C(O)C/C=C/C1CCCCC1. The van der Waals surface area contributed by atoms with Crippen LogP contribution in [0.15, 0.2) is 12.2 Å². The van der Waals surface area contributed by atoms with Crippen LogP contribution >= 0.6 is 0 Å². The smallest absolute Gasteiger partial charge is 0.192 e. The van der Waals surface area contributed by atoms with Gasteiger partial charge in [0.1, 0.15) is 0 Å². The summed E-state index contributed by atoms with van der Waals surface area (Å²) in [5.74, 6) is 0.738. The molecule has 2 nitrogen and oxygen atoms in total. The molecule has 0 aliphatic heterocycles. The van der Waals surface area contributed by atoms with Crippen molar-refractivity contribution in [2.45, 2.75) is 96.6 Å². The minimum atomic E-state index is -1.79. The Morgan fingerprint density at radius 1 is 1.19 bits per heavy atom. The van der Waals surface area contributed by atoms with E-state index in [0.29, 0.717) is 6.42 Å². The lowest BCUT2D eigenvalue weighted by molar-refractivity contribution is 0.0408. The molecule has 0 heterocycles. The molecule has 1 aliphatic carbocycles. The van der Waals surface area contributed by atoms with E-state index in [0.717, 1.165) is 5.92 Å². The van der Waals surface area contributed by atoms with Gasteiger partial charge in [-0.15, -0.1) is 0 Å². The van der Waals surface area contributed by atoms with Gasteiger partial charge in [0.25, 0.3) is 0 Å². The summed E-state index contributed by atoms with van der Waals surface area (Å²) in [5.41, 5.74) is 0. The summed E-state index contributed by atoms with van der Waals surface area (Å²) in [5, 5.41) is 10.5. The van der Waals surface area contributed by atoms with E-state index in [1.807, 2.05) is 6.92 Å². The first kappa shape index (κ1) is 18.9.